The first kappa shape index (κ1) is 9.67. The molecule has 1 aliphatic heterocycles. The molecule has 78 valence electrons. The zero-order valence-corrected chi connectivity index (χ0v) is 7.69. The van der Waals surface area contributed by atoms with Crippen molar-refractivity contribution >= 4 is 11.8 Å². The molecule has 0 amide bonds. The van der Waals surface area contributed by atoms with Crippen molar-refractivity contribution in [1.82, 2.24) is 0 Å². The number of carbonyl (C=O) groups excluding carboxylic acids is 1. The van der Waals surface area contributed by atoms with Crippen molar-refractivity contribution in [2.75, 3.05) is 0 Å². The second kappa shape index (κ2) is 3.36. The number of carbonyl (C=O) groups is 2. The summed E-state index contributed by atoms with van der Waals surface area (Å²) in [6.07, 6.45) is 0. The van der Waals surface area contributed by atoms with Gasteiger partial charge < -0.3 is 14.9 Å². The first-order chi connectivity index (χ1) is 7.11. The van der Waals surface area contributed by atoms with Gasteiger partial charge in [-0.05, 0) is 17.2 Å². The average Bonchev–Trinajstić information content (AvgIpc) is 2.64. The molecule has 0 saturated carbocycles. The van der Waals surface area contributed by atoms with Crippen LogP contribution in [0, 0.1) is 0 Å². The van der Waals surface area contributed by atoms with Crippen molar-refractivity contribution in [2.45, 2.75) is 13.2 Å². The monoisotopic (exact) mass is 208 g/mol. The zero-order chi connectivity index (χ0) is 11.0. The Morgan fingerprint density at radius 3 is 2.67 bits per heavy atom. The minimum Gasteiger partial charge on any atom is -0.507 e. The molecular weight excluding hydrogens is 200 g/mol. The van der Waals surface area contributed by atoms with Gasteiger partial charge in [0.25, 0.3) is 5.78 Å². The Bertz CT molecular complexity index is 449. The summed E-state index contributed by atoms with van der Waals surface area (Å²) in [5.74, 6) is -2.99. The highest BCUT2D eigenvalue weighted by Gasteiger charge is 2.26. The number of aliphatic carboxylic acids is 1. The third-order valence-electron chi connectivity index (χ3n) is 2.31. The van der Waals surface area contributed by atoms with E-state index < -0.39 is 11.8 Å². The Labute approximate surface area is 84.9 Å². The molecule has 0 bridgehead atoms. The highest BCUT2D eigenvalue weighted by atomic mass is 16.5. The first-order valence-electron chi connectivity index (χ1n) is 4.30. The SMILES string of the molecule is O=C(O)C(=O)c1c(O)ccc2c1COC2. The number of fused-ring (bicyclic) bond motifs is 1. The summed E-state index contributed by atoms with van der Waals surface area (Å²) in [6.45, 7) is 0.508. The van der Waals surface area contributed by atoms with Crippen molar-refractivity contribution < 1.29 is 24.5 Å². The molecule has 1 aromatic rings. The van der Waals surface area contributed by atoms with Crippen LogP contribution in [0.15, 0.2) is 12.1 Å². The van der Waals surface area contributed by atoms with Gasteiger partial charge in [0.2, 0.25) is 0 Å². The van der Waals surface area contributed by atoms with Crippen LogP contribution < -0.4 is 0 Å². The number of phenols is 1. The normalized spacial score (nSPS) is 13.6. The maximum absolute atomic E-state index is 11.3. The number of phenolic OH excluding ortho intramolecular Hbond substituents is 1. The number of carboxylic acids is 1. The molecule has 0 aromatic heterocycles. The van der Waals surface area contributed by atoms with Crippen LogP contribution in [0.5, 0.6) is 5.75 Å². The summed E-state index contributed by atoms with van der Waals surface area (Å²) in [5.41, 5.74) is 1.07. The van der Waals surface area contributed by atoms with Crippen LogP contribution in [-0.2, 0) is 22.7 Å². The van der Waals surface area contributed by atoms with Gasteiger partial charge in [-0.25, -0.2) is 4.79 Å². The Kier molecular flexibility index (Phi) is 2.17. The molecule has 2 N–H and O–H groups in total. The molecule has 1 aromatic carbocycles. The second-order valence-corrected chi connectivity index (χ2v) is 3.22. The maximum atomic E-state index is 11.3. The molecule has 0 fully saturated rings. The standard InChI is InChI=1S/C10H8O5/c11-7-2-1-5-3-15-4-6(5)8(7)9(12)10(13)14/h1-2,11H,3-4H2,(H,13,14). The Morgan fingerprint density at radius 1 is 1.27 bits per heavy atom. The van der Waals surface area contributed by atoms with E-state index in [9.17, 15) is 14.7 Å². The molecule has 15 heavy (non-hydrogen) atoms. The van der Waals surface area contributed by atoms with Gasteiger partial charge >= 0.3 is 5.97 Å². The van der Waals surface area contributed by atoms with Crippen LogP contribution >= 0.6 is 0 Å². The Hall–Kier alpha value is -1.88. The summed E-state index contributed by atoms with van der Waals surface area (Å²) < 4.78 is 5.08. The van der Waals surface area contributed by atoms with Crippen LogP contribution in [0.25, 0.3) is 0 Å². The fourth-order valence-corrected chi connectivity index (χ4v) is 1.60. The number of Topliss-reactive ketones (excluding diaryl/α,β-unsaturated/α-hetero) is 1. The molecular formula is C10H8O5. The highest BCUT2D eigenvalue weighted by molar-refractivity contribution is 6.41. The maximum Gasteiger partial charge on any atom is 0.377 e. The van der Waals surface area contributed by atoms with E-state index in [1.165, 1.54) is 6.07 Å². The first-order valence-corrected chi connectivity index (χ1v) is 4.30. The van der Waals surface area contributed by atoms with Crippen LogP contribution in [0.1, 0.15) is 21.5 Å². The summed E-state index contributed by atoms with van der Waals surface area (Å²) >= 11 is 0. The van der Waals surface area contributed by atoms with E-state index in [0.717, 1.165) is 5.56 Å². The third kappa shape index (κ3) is 1.46. The van der Waals surface area contributed by atoms with E-state index in [1.54, 1.807) is 6.07 Å². The number of rotatable bonds is 2. The van der Waals surface area contributed by atoms with Gasteiger partial charge in [-0.15, -0.1) is 0 Å². The topological polar surface area (TPSA) is 83.8 Å². The number of ketones is 1. The minimum atomic E-state index is -1.58. The molecule has 1 aliphatic rings. The molecule has 0 aliphatic carbocycles. The smallest absolute Gasteiger partial charge is 0.377 e. The summed E-state index contributed by atoms with van der Waals surface area (Å²) in [6, 6.07) is 2.93. The molecule has 0 saturated heterocycles. The molecule has 5 nitrogen and oxygen atoms in total. The number of benzene rings is 1. The highest BCUT2D eigenvalue weighted by Crippen LogP contribution is 2.30. The van der Waals surface area contributed by atoms with Gasteiger partial charge in [0.1, 0.15) is 5.75 Å². The molecule has 5 heteroatoms. The van der Waals surface area contributed by atoms with E-state index in [1.807, 2.05) is 0 Å². The average molecular weight is 208 g/mol. The lowest BCUT2D eigenvalue weighted by molar-refractivity contribution is -0.131. The summed E-state index contributed by atoms with van der Waals surface area (Å²) in [7, 11) is 0. The van der Waals surface area contributed by atoms with Gasteiger partial charge in [-0.1, -0.05) is 6.07 Å². The number of hydrogen-bond donors (Lipinski definition) is 2. The fourth-order valence-electron chi connectivity index (χ4n) is 1.60. The largest absolute Gasteiger partial charge is 0.507 e. The van der Waals surface area contributed by atoms with Crippen LogP contribution in [-0.4, -0.2) is 22.0 Å². The predicted octanol–water partition coefficient (Wildman–Crippen LogP) is 0.690. The molecule has 0 atom stereocenters. The van der Waals surface area contributed by atoms with Crippen molar-refractivity contribution in [2.24, 2.45) is 0 Å². The van der Waals surface area contributed by atoms with Crippen LogP contribution in [0.3, 0.4) is 0 Å². The van der Waals surface area contributed by atoms with Crippen molar-refractivity contribution in [3.63, 3.8) is 0 Å². The van der Waals surface area contributed by atoms with Crippen molar-refractivity contribution in [3.8, 4) is 5.75 Å². The van der Waals surface area contributed by atoms with E-state index in [0.29, 0.717) is 12.2 Å². The van der Waals surface area contributed by atoms with Gasteiger partial charge in [0.15, 0.2) is 0 Å². The lowest BCUT2D eigenvalue weighted by atomic mass is 9.99. The van der Waals surface area contributed by atoms with Gasteiger partial charge in [0, 0.05) is 0 Å². The molecule has 0 unspecified atom stereocenters. The van der Waals surface area contributed by atoms with E-state index in [4.69, 9.17) is 9.84 Å². The van der Waals surface area contributed by atoms with Gasteiger partial charge in [-0.3, -0.25) is 4.79 Å². The number of hydrogen-bond acceptors (Lipinski definition) is 4. The minimum absolute atomic E-state index is 0.155. The summed E-state index contributed by atoms with van der Waals surface area (Å²) in [5, 5.41) is 18.0. The molecule has 0 radical (unpaired) electrons. The van der Waals surface area contributed by atoms with E-state index >= 15 is 0 Å². The lowest BCUT2D eigenvalue weighted by Crippen LogP contribution is -2.15. The van der Waals surface area contributed by atoms with Gasteiger partial charge in [0.05, 0.1) is 18.8 Å². The number of aromatic hydroxyl groups is 1. The second-order valence-electron chi connectivity index (χ2n) is 3.22. The molecule has 2 rings (SSSR count). The molecule has 1 heterocycles. The number of carboxylic acid groups (broad SMARTS) is 1. The quantitative estimate of drug-likeness (QED) is 0.551. The van der Waals surface area contributed by atoms with Crippen LogP contribution in [0.4, 0.5) is 0 Å². The van der Waals surface area contributed by atoms with E-state index in [2.05, 4.69) is 0 Å². The fraction of sp³-hybridized carbons (Fsp3) is 0.200. The summed E-state index contributed by atoms with van der Waals surface area (Å²) in [4.78, 5) is 21.9. The Morgan fingerprint density at radius 2 is 2.00 bits per heavy atom. The lowest BCUT2D eigenvalue weighted by Gasteiger charge is -2.05. The third-order valence-corrected chi connectivity index (χ3v) is 2.31. The van der Waals surface area contributed by atoms with E-state index in [-0.39, 0.29) is 17.9 Å². The van der Waals surface area contributed by atoms with Crippen LogP contribution in [0.2, 0.25) is 0 Å². The number of ether oxygens (including phenoxy) is 1. The Balaban J connectivity index is 2.60. The predicted molar refractivity (Wildman–Crippen MR) is 48.6 cm³/mol. The van der Waals surface area contributed by atoms with Crippen molar-refractivity contribution in [1.29, 1.82) is 0 Å². The molecule has 0 spiro atoms. The van der Waals surface area contributed by atoms with Crippen molar-refractivity contribution in [3.05, 3.63) is 28.8 Å². The van der Waals surface area contributed by atoms with Gasteiger partial charge in [-0.2, -0.15) is 0 Å². The zero-order valence-electron chi connectivity index (χ0n) is 7.69.